The maximum atomic E-state index is 12.6. The first-order valence-electron chi connectivity index (χ1n) is 10.9. The number of nitrogen functional groups attached to an aromatic ring is 1. The van der Waals surface area contributed by atoms with E-state index in [2.05, 4.69) is 35.5 Å². The van der Waals surface area contributed by atoms with Crippen LogP contribution in [-0.4, -0.2) is 50.9 Å². The summed E-state index contributed by atoms with van der Waals surface area (Å²) in [5.74, 6) is 2.33. The zero-order valence-electron chi connectivity index (χ0n) is 18.8. The number of hydrogen-bond donors (Lipinski definition) is 3. The summed E-state index contributed by atoms with van der Waals surface area (Å²) < 4.78 is 5.36. The number of carbonyl (C=O) groups is 1. The highest BCUT2D eigenvalue weighted by Crippen LogP contribution is 2.26. The Labute approximate surface area is 192 Å². The van der Waals surface area contributed by atoms with Gasteiger partial charge < -0.3 is 21.1 Å². The number of pyridine rings is 1. The first-order chi connectivity index (χ1) is 16.0. The highest BCUT2D eigenvalue weighted by Gasteiger charge is 2.26. The number of ether oxygens (including phenoxy) is 1. The maximum absolute atomic E-state index is 12.6. The summed E-state index contributed by atoms with van der Waals surface area (Å²) in [6.07, 6.45) is 3.21. The number of hydrogen-bond acceptors (Lipinski definition) is 9. The molecule has 3 heterocycles. The lowest BCUT2D eigenvalue weighted by Gasteiger charge is -2.30. The van der Waals surface area contributed by atoms with Crippen molar-refractivity contribution in [3.05, 3.63) is 54.0 Å². The molecule has 33 heavy (non-hydrogen) atoms. The van der Waals surface area contributed by atoms with Crippen LogP contribution in [0, 0.1) is 12.8 Å². The van der Waals surface area contributed by atoms with Gasteiger partial charge in [0.15, 0.2) is 0 Å². The van der Waals surface area contributed by atoms with Crippen molar-refractivity contribution < 1.29 is 9.53 Å². The van der Waals surface area contributed by atoms with Crippen LogP contribution in [0.3, 0.4) is 0 Å². The van der Waals surface area contributed by atoms with E-state index in [1.54, 1.807) is 13.3 Å². The van der Waals surface area contributed by atoms with Crippen molar-refractivity contribution in [3.8, 4) is 5.75 Å². The SMILES string of the molecule is COc1ccccc1Nc1nc(N)nc(CN2CCC(C(=O)Nc3cc(C)ccn3)CC2)n1. The Morgan fingerprint density at radius 3 is 2.73 bits per heavy atom. The number of rotatable bonds is 7. The molecule has 0 saturated carbocycles. The molecular formula is C23H28N8O2. The Morgan fingerprint density at radius 2 is 1.97 bits per heavy atom. The molecule has 4 N–H and O–H groups in total. The molecule has 10 heteroatoms. The number of anilines is 4. The Balaban J connectivity index is 1.34. The Hall–Kier alpha value is -3.79. The minimum absolute atomic E-state index is 0.0143. The van der Waals surface area contributed by atoms with E-state index in [-0.39, 0.29) is 17.8 Å². The first-order valence-corrected chi connectivity index (χ1v) is 10.9. The third kappa shape index (κ3) is 5.92. The molecule has 1 aliphatic rings. The number of piperidine rings is 1. The Bertz CT molecular complexity index is 1120. The quantitative estimate of drug-likeness (QED) is 0.499. The molecule has 0 radical (unpaired) electrons. The molecule has 0 aliphatic carbocycles. The average molecular weight is 449 g/mol. The lowest BCUT2D eigenvalue weighted by atomic mass is 9.96. The van der Waals surface area contributed by atoms with Crippen LogP contribution in [-0.2, 0) is 11.3 Å². The number of aromatic nitrogens is 4. The van der Waals surface area contributed by atoms with Gasteiger partial charge in [0.25, 0.3) is 0 Å². The second kappa shape index (κ2) is 10.2. The summed E-state index contributed by atoms with van der Waals surface area (Å²) in [7, 11) is 1.61. The summed E-state index contributed by atoms with van der Waals surface area (Å²) in [5.41, 5.74) is 7.73. The number of aryl methyl sites for hydroxylation is 1. The number of methoxy groups -OCH3 is 1. The summed E-state index contributed by atoms with van der Waals surface area (Å²) in [6.45, 7) is 4.03. The topological polar surface area (TPSA) is 131 Å². The van der Waals surface area contributed by atoms with Crippen LogP contribution < -0.4 is 21.1 Å². The van der Waals surface area contributed by atoms with Crippen molar-refractivity contribution in [2.45, 2.75) is 26.3 Å². The second-order valence-corrected chi connectivity index (χ2v) is 8.02. The number of nitrogens with one attached hydrogen (secondary N) is 2. The fourth-order valence-corrected chi connectivity index (χ4v) is 3.82. The molecule has 0 bridgehead atoms. The average Bonchev–Trinajstić information content (AvgIpc) is 2.79. The molecule has 0 unspecified atom stereocenters. The van der Waals surface area contributed by atoms with Crippen LogP contribution in [0.2, 0.25) is 0 Å². The molecule has 172 valence electrons. The zero-order chi connectivity index (χ0) is 23.2. The summed E-state index contributed by atoms with van der Waals surface area (Å²) in [4.78, 5) is 32.0. The van der Waals surface area contributed by atoms with Crippen molar-refractivity contribution in [2.75, 3.05) is 36.6 Å². The monoisotopic (exact) mass is 448 g/mol. The van der Waals surface area contributed by atoms with Gasteiger partial charge in [-0.1, -0.05) is 12.1 Å². The molecule has 4 rings (SSSR count). The molecule has 0 spiro atoms. The van der Waals surface area contributed by atoms with Gasteiger partial charge in [-0.25, -0.2) is 4.98 Å². The zero-order valence-corrected chi connectivity index (χ0v) is 18.8. The van der Waals surface area contributed by atoms with Gasteiger partial charge >= 0.3 is 0 Å². The number of benzene rings is 1. The largest absolute Gasteiger partial charge is 0.495 e. The predicted octanol–water partition coefficient (Wildman–Crippen LogP) is 2.76. The number of para-hydroxylation sites is 2. The summed E-state index contributed by atoms with van der Waals surface area (Å²) >= 11 is 0. The normalized spacial score (nSPS) is 14.6. The molecule has 1 amide bonds. The Morgan fingerprint density at radius 1 is 1.18 bits per heavy atom. The highest BCUT2D eigenvalue weighted by atomic mass is 16.5. The number of carbonyl (C=O) groups excluding carboxylic acids is 1. The van der Waals surface area contributed by atoms with Gasteiger partial charge in [0.2, 0.25) is 17.8 Å². The Kier molecular flexibility index (Phi) is 6.94. The van der Waals surface area contributed by atoms with E-state index in [1.807, 2.05) is 43.3 Å². The van der Waals surface area contributed by atoms with Gasteiger partial charge in [-0.2, -0.15) is 15.0 Å². The van der Waals surface area contributed by atoms with Gasteiger partial charge in [-0.05, 0) is 62.7 Å². The molecule has 2 aromatic heterocycles. The van der Waals surface area contributed by atoms with E-state index in [0.29, 0.717) is 29.9 Å². The third-order valence-corrected chi connectivity index (χ3v) is 5.54. The van der Waals surface area contributed by atoms with Gasteiger partial charge in [-0.3, -0.25) is 9.69 Å². The lowest BCUT2D eigenvalue weighted by Crippen LogP contribution is -2.38. The van der Waals surface area contributed by atoms with Crippen molar-refractivity contribution in [1.29, 1.82) is 0 Å². The minimum atomic E-state index is -0.0465. The van der Waals surface area contributed by atoms with Crippen molar-refractivity contribution >= 4 is 29.3 Å². The van der Waals surface area contributed by atoms with Crippen LogP contribution >= 0.6 is 0 Å². The molecule has 1 saturated heterocycles. The first kappa shape index (κ1) is 22.4. The van der Waals surface area contributed by atoms with Crippen LogP contribution in [0.5, 0.6) is 5.75 Å². The summed E-state index contributed by atoms with van der Waals surface area (Å²) in [5, 5.41) is 6.07. The predicted molar refractivity (Wildman–Crippen MR) is 126 cm³/mol. The van der Waals surface area contributed by atoms with Gasteiger partial charge in [-0.15, -0.1) is 0 Å². The van der Waals surface area contributed by atoms with Crippen molar-refractivity contribution in [2.24, 2.45) is 5.92 Å². The van der Waals surface area contributed by atoms with E-state index in [1.165, 1.54) is 0 Å². The lowest BCUT2D eigenvalue weighted by molar-refractivity contribution is -0.121. The van der Waals surface area contributed by atoms with Crippen molar-refractivity contribution in [3.63, 3.8) is 0 Å². The van der Waals surface area contributed by atoms with Crippen LogP contribution in [0.25, 0.3) is 0 Å². The second-order valence-electron chi connectivity index (χ2n) is 8.02. The van der Waals surface area contributed by atoms with E-state index >= 15 is 0 Å². The van der Waals surface area contributed by atoms with Gasteiger partial charge in [0.1, 0.15) is 17.4 Å². The standard InChI is InChI=1S/C23H28N8O2/c1-15-7-10-25-19(13-15)27-21(32)16-8-11-31(12-9-16)14-20-28-22(24)30-23(29-20)26-17-5-3-4-6-18(17)33-2/h3-7,10,13,16H,8-9,11-12,14H2,1-2H3,(H,25,27,32)(H3,24,26,28,29,30). The van der Waals surface area contributed by atoms with E-state index in [0.717, 1.165) is 37.2 Å². The molecule has 3 aromatic rings. The van der Waals surface area contributed by atoms with Gasteiger partial charge in [0, 0.05) is 12.1 Å². The smallest absolute Gasteiger partial charge is 0.232 e. The third-order valence-electron chi connectivity index (χ3n) is 5.54. The van der Waals surface area contributed by atoms with Crippen LogP contribution in [0.15, 0.2) is 42.6 Å². The number of nitrogens with zero attached hydrogens (tertiary/aromatic N) is 5. The molecule has 10 nitrogen and oxygen atoms in total. The molecule has 1 aliphatic heterocycles. The maximum Gasteiger partial charge on any atom is 0.232 e. The highest BCUT2D eigenvalue weighted by molar-refractivity contribution is 5.91. The summed E-state index contributed by atoms with van der Waals surface area (Å²) in [6, 6.07) is 11.3. The molecule has 1 aromatic carbocycles. The molecule has 0 atom stereocenters. The van der Waals surface area contributed by atoms with Gasteiger partial charge in [0.05, 0.1) is 19.3 Å². The fourth-order valence-electron chi connectivity index (χ4n) is 3.82. The number of nitrogens with two attached hydrogens (primary N) is 1. The van der Waals surface area contributed by atoms with Crippen LogP contribution in [0.4, 0.5) is 23.4 Å². The number of amides is 1. The number of likely N-dealkylation sites (tertiary alicyclic amines) is 1. The van der Waals surface area contributed by atoms with E-state index in [4.69, 9.17) is 10.5 Å². The molecular weight excluding hydrogens is 420 g/mol. The van der Waals surface area contributed by atoms with Crippen molar-refractivity contribution in [1.82, 2.24) is 24.8 Å². The molecule has 1 fully saturated rings. The fraction of sp³-hybridized carbons (Fsp3) is 0.348. The van der Waals surface area contributed by atoms with E-state index < -0.39 is 0 Å². The van der Waals surface area contributed by atoms with Crippen LogP contribution in [0.1, 0.15) is 24.2 Å². The van der Waals surface area contributed by atoms with E-state index in [9.17, 15) is 4.79 Å². The minimum Gasteiger partial charge on any atom is -0.495 e.